The highest BCUT2D eigenvalue weighted by molar-refractivity contribution is 5.92. The number of nitrogens with zero attached hydrogens (tertiary/aromatic N) is 1. The third-order valence-corrected chi connectivity index (χ3v) is 3.21. The van der Waals surface area contributed by atoms with Gasteiger partial charge in [-0.2, -0.15) is 5.11 Å². The minimum atomic E-state index is -0.210. The van der Waals surface area contributed by atoms with Gasteiger partial charge in [0.2, 0.25) is 0 Å². The van der Waals surface area contributed by atoms with Crippen molar-refractivity contribution in [1.82, 2.24) is 5.32 Å². The number of urea groups is 1. The Bertz CT molecular complexity index is 427. The van der Waals surface area contributed by atoms with E-state index in [0.717, 1.165) is 12.8 Å². The van der Waals surface area contributed by atoms with Gasteiger partial charge in [-0.15, -0.1) is 0 Å². The van der Waals surface area contributed by atoms with Gasteiger partial charge in [-0.3, -0.25) is 0 Å². The maximum absolute atomic E-state index is 11.8. The normalized spacial score (nSPS) is 16.0. The molecule has 0 aromatic heterocycles. The van der Waals surface area contributed by atoms with Crippen molar-refractivity contribution < 1.29 is 4.79 Å². The van der Waals surface area contributed by atoms with Crippen molar-refractivity contribution in [2.45, 2.75) is 38.1 Å². The van der Waals surface area contributed by atoms with Crippen LogP contribution in [-0.2, 0) is 0 Å². The SMILES string of the molecule is N=Nc1ccccc1NC(=O)NC1CCCCC1. The van der Waals surface area contributed by atoms with Crippen molar-refractivity contribution in [2.24, 2.45) is 5.11 Å². The van der Waals surface area contributed by atoms with Crippen LogP contribution in [0.3, 0.4) is 0 Å². The zero-order valence-corrected chi connectivity index (χ0v) is 10.3. The van der Waals surface area contributed by atoms with Gasteiger partial charge in [-0.05, 0) is 25.0 Å². The highest BCUT2D eigenvalue weighted by atomic mass is 16.2. The molecule has 1 saturated carbocycles. The Morgan fingerprint density at radius 2 is 1.94 bits per heavy atom. The zero-order valence-electron chi connectivity index (χ0n) is 10.3. The Balaban J connectivity index is 1.92. The molecule has 1 aliphatic rings. The molecule has 1 aromatic rings. The van der Waals surface area contributed by atoms with Crippen LogP contribution in [0.25, 0.3) is 0 Å². The molecule has 18 heavy (non-hydrogen) atoms. The van der Waals surface area contributed by atoms with Crippen LogP contribution in [0.5, 0.6) is 0 Å². The smallest absolute Gasteiger partial charge is 0.319 e. The Morgan fingerprint density at radius 1 is 1.22 bits per heavy atom. The summed E-state index contributed by atoms with van der Waals surface area (Å²) in [6, 6.07) is 7.11. The molecular weight excluding hydrogens is 228 g/mol. The lowest BCUT2D eigenvalue weighted by molar-refractivity contribution is 0.244. The first-order chi connectivity index (χ1) is 8.79. The predicted molar refractivity (Wildman–Crippen MR) is 70.3 cm³/mol. The summed E-state index contributed by atoms with van der Waals surface area (Å²) in [6.07, 6.45) is 5.74. The molecule has 1 aromatic carbocycles. The molecule has 1 fully saturated rings. The fourth-order valence-corrected chi connectivity index (χ4v) is 2.27. The summed E-state index contributed by atoms with van der Waals surface area (Å²) in [5.41, 5.74) is 8.07. The molecule has 96 valence electrons. The number of rotatable bonds is 3. The summed E-state index contributed by atoms with van der Waals surface area (Å²) in [5.74, 6) is 0. The van der Waals surface area contributed by atoms with E-state index in [1.165, 1.54) is 19.3 Å². The molecule has 0 spiro atoms. The summed E-state index contributed by atoms with van der Waals surface area (Å²) in [4.78, 5) is 11.8. The minimum absolute atomic E-state index is 0.210. The van der Waals surface area contributed by atoms with Gasteiger partial charge >= 0.3 is 6.03 Å². The molecule has 3 N–H and O–H groups in total. The third-order valence-electron chi connectivity index (χ3n) is 3.21. The van der Waals surface area contributed by atoms with Crippen LogP contribution >= 0.6 is 0 Å². The van der Waals surface area contributed by atoms with Crippen molar-refractivity contribution in [1.29, 1.82) is 5.53 Å². The van der Waals surface area contributed by atoms with Crippen molar-refractivity contribution in [3.63, 3.8) is 0 Å². The minimum Gasteiger partial charge on any atom is -0.335 e. The summed E-state index contributed by atoms with van der Waals surface area (Å²) in [7, 11) is 0. The second-order valence-electron chi connectivity index (χ2n) is 4.56. The first-order valence-electron chi connectivity index (χ1n) is 6.33. The average Bonchev–Trinajstić information content (AvgIpc) is 2.40. The van der Waals surface area contributed by atoms with E-state index in [-0.39, 0.29) is 12.1 Å². The van der Waals surface area contributed by atoms with Gasteiger partial charge in [0.15, 0.2) is 0 Å². The van der Waals surface area contributed by atoms with E-state index in [2.05, 4.69) is 15.7 Å². The lowest BCUT2D eigenvalue weighted by Crippen LogP contribution is -2.39. The molecule has 5 heteroatoms. The van der Waals surface area contributed by atoms with Gasteiger partial charge < -0.3 is 10.6 Å². The summed E-state index contributed by atoms with van der Waals surface area (Å²) in [5, 5.41) is 9.09. The number of carbonyl (C=O) groups is 1. The quantitative estimate of drug-likeness (QED) is 0.697. The highest BCUT2D eigenvalue weighted by Gasteiger charge is 2.16. The van der Waals surface area contributed by atoms with Gasteiger partial charge in [0.25, 0.3) is 0 Å². The van der Waals surface area contributed by atoms with Crippen LogP contribution in [0.2, 0.25) is 0 Å². The zero-order chi connectivity index (χ0) is 12.8. The van der Waals surface area contributed by atoms with Crippen molar-refractivity contribution in [3.8, 4) is 0 Å². The molecule has 0 heterocycles. The lowest BCUT2D eigenvalue weighted by Gasteiger charge is -2.23. The van der Waals surface area contributed by atoms with Crippen molar-refractivity contribution in [2.75, 3.05) is 5.32 Å². The van der Waals surface area contributed by atoms with Crippen LogP contribution < -0.4 is 10.6 Å². The molecule has 0 radical (unpaired) electrons. The Labute approximate surface area is 106 Å². The Hall–Kier alpha value is -1.91. The van der Waals surface area contributed by atoms with E-state index in [1.807, 2.05) is 6.07 Å². The van der Waals surface area contributed by atoms with Crippen molar-refractivity contribution >= 4 is 17.4 Å². The second-order valence-corrected chi connectivity index (χ2v) is 4.56. The largest absolute Gasteiger partial charge is 0.335 e. The van der Waals surface area contributed by atoms with Gasteiger partial charge in [0.1, 0.15) is 5.69 Å². The lowest BCUT2D eigenvalue weighted by atomic mass is 9.96. The first-order valence-corrected chi connectivity index (χ1v) is 6.33. The van der Waals surface area contributed by atoms with E-state index in [0.29, 0.717) is 11.4 Å². The van der Waals surface area contributed by atoms with Gasteiger partial charge in [0.05, 0.1) is 5.69 Å². The summed E-state index contributed by atoms with van der Waals surface area (Å²) >= 11 is 0. The Kier molecular flexibility index (Phi) is 4.28. The third kappa shape index (κ3) is 3.29. The molecule has 1 aliphatic carbocycles. The van der Waals surface area contributed by atoms with E-state index in [4.69, 9.17) is 5.53 Å². The van der Waals surface area contributed by atoms with Gasteiger partial charge in [-0.25, -0.2) is 10.3 Å². The average molecular weight is 246 g/mol. The van der Waals surface area contributed by atoms with Crippen LogP contribution in [0.4, 0.5) is 16.2 Å². The fourth-order valence-electron chi connectivity index (χ4n) is 2.27. The van der Waals surface area contributed by atoms with Gasteiger partial charge in [0, 0.05) is 6.04 Å². The number of amides is 2. The number of anilines is 1. The maximum Gasteiger partial charge on any atom is 0.319 e. The number of benzene rings is 1. The summed E-state index contributed by atoms with van der Waals surface area (Å²) in [6.45, 7) is 0. The predicted octanol–water partition coefficient (Wildman–Crippen LogP) is 3.80. The van der Waals surface area contributed by atoms with Crippen LogP contribution in [0.1, 0.15) is 32.1 Å². The number of hydrogen-bond acceptors (Lipinski definition) is 3. The van der Waals surface area contributed by atoms with E-state index in [1.54, 1.807) is 18.2 Å². The number of nitrogens with one attached hydrogen (secondary N) is 3. The fraction of sp³-hybridized carbons (Fsp3) is 0.462. The molecular formula is C13H18N4O. The topological polar surface area (TPSA) is 77.3 Å². The van der Waals surface area contributed by atoms with E-state index in [9.17, 15) is 4.79 Å². The van der Waals surface area contributed by atoms with Gasteiger partial charge in [-0.1, -0.05) is 31.4 Å². The van der Waals surface area contributed by atoms with Crippen LogP contribution in [0.15, 0.2) is 29.4 Å². The van der Waals surface area contributed by atoms with E-state index >= 15 is 0 Å². The summed E-state index contributed by atoms with van der Waals surface area (Å²) < 4.78 is 0. The molecule has 0 saturated heterocycles. The Morgan fingerprint density at radius 3 is 2.67 bits per heavy atom. The monoisotopic (exact) mass is 246 g/mol. The number of carbonyl (C=O) groups excluding carboxylic acids is 1. The second kappa shape index (κ2) is 6.14. The van der Waals surface area contributed by atoms with Crippen LogP contribution in [-0.4, -0.2) is 12.1 Å². The molecule has 0 aliphatic heterocycles. The maximum atomic E-state index is 11.8. The molecule has 0 atom stereocenters. The highest BCUT2D eigenvalue weighted by Crippen LogP contribution is 2.24. The molecule has 2 rings (SSSR count). The van der Waals surface area contributed by atoms with E-state index < -0.39 is 0 Å². The number of hydrogen-bond donors (Lipinski definition) is 3. The number of para-hydroxylation sites is 2. The standard InChI is InChI=1S/C13H18N4O/c14-17-12-9-5-4-8-11(12)16-13(18)15-10-6-2-1-3-7-10/h4-5,8-10,14H,1-3,6-7H2,(H2,15,16,18). The molecule has 2 amide bonds. The molecule has 0 bridgehead atoms. The van der Waals surface area contributed by atoms with Crippen molar-refractivity contribution in [3.05, 3.63) is 24.3 Å². The first kappa shape index (κ1) is 12.5. The van der Waals surface area contributed by atoms with Crippen LogP contribution in [0, 0.1) is 5.53 Å². The molecule has 5 nitrogen and oxygen atoms in total. The molecule has 0 unspecified atom stereocenters.